The summed E-state index contributed by atoms with van der Waals surface area (Å²) in [5.41, 5.74) is 1.49. The minimum absolute atomic E-state index is 0.138. The van der Waals surface area contributed by atoms with Crippen LogP contribution in [0.1, 0.15) is 29.8 Å². The number of ether oxygens (including phenoxy) is 1. The zero-order chi connectivity index (χ0) is 22.7. The Morgan fingerprint density at radius 3 is 2.69 bits per heavy atom. The maximum atomic E-state index is 13.1. The second-order valence-electron chi connectivity index (χ2n) is 7.04. The first-order valence-corrected chi connectivity index (χ1v) is 11.1. The van der Waals surface area contributed by atoms with Crippen LogP contribution in [-0.2, 0) is 4.79 Å². The summed E-state index contributed by atoms with van der Waals surface area (Å²) in [4.78, 5) is 31.1. The van der Waals surface area contributed by atoms with Crippen molar-refractivity contribution in [2.75, 3.05) is 13.2 Å². The maximum absolute atomic E-state index is 13.1. The van der Waals surface area contributed by atoms with Gasteiger partial charge in [0.2, 0.25) is 0 Å². The molecule has 1 N–H and O–H groups in total. The number of carboxylic acids is 1. The fraction of sp³-hybridized carbons (Fsp3) is 0.160. The Labute approximate surface area is 190 Å². The van der Waals surface area contributed by atoms with Gasteiger partial charge in [-0.15, -0.1) is 0 Å². The molecule has 4 rings (SSSR count). The smallest absolute Gasteiger partial charge is 0.335 e. The number of carboxylic acid groups (broad SMARTS) is 1. The van der Waals surface area contributed by atoms with Gasteiger partial charge in [0.25, 0.3) is 5.91 Å². The Morgan fingerprint density at radius 2 is 1.94 bits per heavy atom. The van der Waals surface area contributed by atoms with E-state index in [1.807, 2.05) is 56.3 Å². The number of fused-ring (bicyclic) bond motifs is 1. The second kappa shape index (κ2) is 9.28. The molecule has 0 spiro atoms. The normalized spacial score (nSPS) is 16.3. The maximum Gasteiger partial charge on any atom is 0.335 e. The van der Waals surface area contributed by atoms with Crippen LogP contribution >= 0.6 is 11.8 Å². The van der Waals surface area contributed by atoms with Crippen LogP contribution in [0.5, 0.6) is 5.75 Å². The fourth-order valence-electron chi connectivity index (χ4n) is 3.53. The third-order valence-electron chi connectivity index (χ3n) is 5.03. The number of likely N-dealkylation sites (N-methyl/N-ethyl adjacent to an activating group) is 1. The second-order valence-corrected chi connectivity index (χ2v) is 8.05. The summed E-state index contributed by atoms with van der Waals surface area (Å²) in [5, 5.41) is 11.8. The van der Waals surface area contributed by atoms with Crippen molar-refractivity contribution in [3.05, 3.63) is 76.7 Å². The number of carbonyl (C=O) groups excluding carboxylic acids is 1. The molecular formula is C25H22N2O4S. The van der Waals surface area contributed by atoms with E-state index in [-0.39, 0.29) is 11.5 Å². The van der Waals surface area contributed by atoms with E-state index in [0.717, 1.165) is 22.1 Å². The standard InChI is InChI=1S/C25H22N2O4S/c1-3-27-23(28)22(32-25(27)26-18-10-7-9-17(14-18)24(29)30)15-20-19-11-6-5-8-16(19)12-13-21(20)31-4-2/h5-15H,3-4H2,1-2H3,(H,29,30). The van der Waals surface area contributed by atoms with Gasteiger partial charge in [0.1, 0.15) is 5.75 Å². The van der Waals surface area contributed by atoms with Gasteiger partial charge in [0.05, 0.1) is 22.8 Å². The van der Waals surface area contributed by atoms with Gasteiger partial charge in [-0.1, -0.05) is 36.4 Å². The average molecular weight is 447 g/mol. The number of rotatable bonds is 6. The van der Waals surface area contributed by atoms with Crippen molar-refractivity contribution in [3.63, 3.8) is 0 Å². The van der Waals surface area contributed by atoms with Crippen LogP contribution in [-0.4, -0.2) is 40.2 Å². The predicted molar refractivity (Wildman–Crippen MR) is 129 cm³/mol. The van der Waals surface area contributed by atoms with Crippen LogP contribution in [0.2, 0.25) is 0 Å². The molecule has 1 saturated heterocycles. The SMILES string of the molecule is CCOc1ccc2ccccc2c1C=C1SC(=Nc2cccc(C(=O)O)c2)N(CC)C1=O. The lowest BCUT2D eigenvalue weighted by Crippen LogP contribution is -2.28. The van der Waals surface area contributed by atoms with Gasteiger partial charge in [-0.05, 0) is 66.7 Å². The predicted octanol–water partition coefficient (Wildman–Crippen LogP) is 5.56. The van der Waals surface area contributed by atoms with Crippen molar-refractivity contribution < 1.29 is 19.4 Å². The van der Waals surface area contributed by atoms with E-state index >= 15 is 0 Å². The van der Waals surface area contributed by atoms with Gasteiger partial charge >= 0.3 is 5.97 Å². The lowest BCUT2D eigenvalue weighted by atomic mass is 10.0. The molecule has 1 fully saturated rings. The summed E-state index contributed by atoms with van der Waals surface area (Å²) in [5.74, 6) is -0.440. The topological polar surface area (TPSA) is 79.2 Å². The summed E-state index contributed by atoms with van der Waals surface area (Å²) >= 11 is 1.28. The number of hydrogen-bond acceptors (Lipinski definition) is 5. The van der Waals surface area contributed by atoms with E-state index in [4.69, 9.17) is 4.74 Å². The van der Waals surface area contributed by atoms with Gasteiger partial charge in [0, 0.05) is 12.1 Å². The quantitative estimate of drug-likeness (QED) is 0.502. The molecule has 0 aromatic heterocycles. The highest BCUT2D eigenvalue weighted by Crippen LogP contribution is 2.37. The average Bonchev–Trinajstić information content (AvgIpc) is 3.09. The van der Waals surface area contributed by atoms with Crippen LogP contribution in [0.4, 0.5) is 5.69 Å². The molecule has 0 bridgehead atoms. The van der Waals surface area contributed by atoms with Crippen molar-refractivity contribution in [3.8, 4) is 5.75 Å². The first-order chi connectivity index (χ1) is 15.5. The molecule has 0 radical (unpaired) electrons. The lowest BCUT2D eigenvalue weighted by Gasteiger charge is -2.12. The third kappa shape index (κ3) is 4.24. The highest BCUT2D eigenvalue weighted by atomic mass is 32.2. The minimum atomic E-state index is -1.02. The van der Waals surface area contributed by atoms with Crippen LogP contribution in [0.15, 0.2) is 70.6 Å². The molecule has 6 nitrogen and oxygen atoms in total. The summed E-state index contributed by atoms with van der Waals surface area (Å²) in [6, 6.07) is 18.3. The number of amides is 1. The fourth-order valence-corrected chi connectivity index (χ4v) is 4.57. The van der Waals surface area contributed by atoms with Crippen molar-refractivity contribution in [1.29, 1.82) is 0 Å². The molecular weight excluding hydrogens is 424 g/mol. The van der Waals surface area contributed by atoms with E-state index < -0.39 is 5.97 Å². The van der Waals surface area contributed by atoms with Gasteiger partial charge < -0.3 is 9.84 Å². The first kappa shape index (κ1) is 21.6. The molecule has 0 aliphatic carbocycles. The Morgan fingerprint density at radius 1 is 1.12 bits per heavy atom. The van der Waals surface area contributed by atoms with Crippen LogP contribution in [0.25, 0.3) is 16.8 Å². The number of benzene rings is 3. The third-order valence-corrected chi connectivity index (χ3v) is 6.03. The van der Waals surface area contributed by atoms with Gasteiger partial charge in [-0.3, -0.25) is 9.69 Å². The molecule has 3 aromatic rings. The van der Waals surface area contributed by atoms with E-state index in [1.54, 1.807) is 17.0 Å². The molecule has 0 unspecified atom stereocenters. The van der Waals surface area contributed by atoms with Gasteiger partial charge in [0.15, 0.2) is 5.17 Å². The van der Waals surface area contributed by atoms with Crippen molar-refractivity contribution >= 4 is 51.3 Å². The number of nitrogens with zero attached hydrogens (tertiary/aromatic N) is 2. The molecule has 0 atom stereocenters. The molecule has 162 valence electrons. The summed E-state index contributed by atoms with van der Waals surface area (Å²) in [6.45, 7) is 4.78. The monoisotopic (exact) mass is 446 g/mol. The van der Waals surface area contributed by atoms with E-state index in [9.17, 15) is 14.7 Å². The van der Waals surface area contributed by atoms with Crippen LogP contribution < -0.4 is 4.74 Å². The molecule has 1 aliphatic rings. The summed E-state index contributed by atoms with van der Waals surface area (Å²) < 4.78 is 5.84. The molecule has 7 heteroatoms. The lowest BCUT2D eigenvalue weighted by molar-refractivity contribution is -0.122. The minimum Gasteiger partial charge on any atom is -0.493 e. The van der Waals surface area contributed by atoms with Crippen LogP contribution in [0, 0.1) is 0 Å². The Hall–Kier alpha value is -3.58. The Bertz CT molecular complexity index is 1270. The zero-order valence-corrected chi connectivity index (χ0v) is 18.6. The molecule has 1 amide bonds. The molecule has 1 aliphatic heterocycles. The number of aliphatic imine (C=N–C) groups is 1. The molecule has 32 heavy (non-hydrogen) atoms. The Kier molecular flexibility index (Phi) is 6.28. The van der Waals surface area contributed by atoms with Crippen LogP contribution in [0.3, 0.4) is 0 Å². The zero-order valence-electron chi connectivity index (χ0n) is 17.7. The molecule has 0 saturated carbocycles. The van der Waals surface area contributed by atoms with Gasteiger partial charge in [-0.2, -0.15) is 0 Å². The summed E-state index contributed by atoms with van der Waals surface area (Å²) in [6.07, 6.45) is 1.86. The highest BCUT2D eigenvalue weighted by Gasteiger charge is 2.32. The largest absolute Gasteiger partial charge is 0.493 e. The van der Waals surface area contributed by atoms with Crippen molar-refractivity contribution in [2.45, 2.75) is 13.8 Å². The number of hydrogen-bond donors (Lipinski definition) is 1. The molecule has 1 heterocycles. The van der Waals surface area contributed by atoms with Gasteiger partial charge in [-0.25, -0.2) is 9.79 Å². The first-order valence-electron chi connectivity index (χ1n) is 10.3. The molecule has 3 aromatic carbocycles. The number of thioether (sulfide) groups is 1. The number of carbonyl (C=O) groups is 2. The van der Waals surface area contributed by atoms with E-state index in [0.29, 0.717) is 28.9 Å². The summed E-state index contributed by atoms with van der Waals surface area (Å²) in [7, 11) is 0. The van der Waals surface area contributed by atoms with Crippen molar-refractivity contribution in [1.82, 2.24) is 4.90 Å². The highest BCUT2D eigenvalue weighted by molar-refractivity contribution is 8.18. The van der Waals surface area contributed by atoms with E-state index in [2.05, 4.69) is 4.99 Å². The number of amidine groups is 1. The van der Waals surface area contributed by atoms with E-state index in [1.165, 1.54) is 23.9 Å². The van der Waals surface area contributed by atoms with Crippen molar-refractivity contribution in [2.24, 2.45) is 4.99 Å². The number of aromatic carboxylic acids is 1. The Balaban J connectivity index is 1.78.